The third kappa shape index (κ3) is 5.89. The first-order valence-corrected chi connectivity index (χ1v) is 10.8. The zero-order valence-electron chi connectivity index (χ0n) is 19.4. The molecule has 34 heavy (non-hydrogen) atoms. The van der Waals surface area contributed by atoms with Crippen molar-refractivity contribution < 1.29 is 28.7 Å². The Labute approximate surface area is 197 Å². The van der Waals surface area contributed by atoms with E-state index in [2.05, 4.69) is 10.3 Å². The van der Waals surface area contributed by atoms with Crippen LogP contribution in [0.5, 0.6) is 5.75 Å². The summed E-state index contributed by atoms with van der Waals surface area (Å²) in [5.74, 6) is -1.06. The van der Waals surface area contributed by atoms with E-state index in [9.17, 15) is 19.2 Å². The molecular weight excluding hydrogens is 440 g/mol. The fraction of sp³-hybridized carbons (Fsp3) is 0.375. The van der Waals surface area contributed by atoms with Gasteiger partial charge in [0.15, 0.2) is 0 Å². The standard InChI is InChI=1S/C24H28N4O6/c1-16(29)28-12-11-27(23(31)18-5-4-10-25-14-18)15-21(28)22(30)26-20(24(32)34-3)13-17-6-8-19(33-2)9-7-17/h4-10,14,20-21H,11-13,15H2,1-3H3,(H,26,30)/t20-,21+/m0/s1. The van der Waals surface area contributed by atoms with Gasteiger partial charge < -0.3 is 24.6 Å². The summed E-state index contributed by atoms with van der Waals surface area (Å²) in [6.45, 7) is 1.84. The Kier molecular flexibility index (Phi) is 8.18. The minimum absolute atomic E-state index is 0.00440. The second-order valence-corrected chi connectivity index (χ2v) is 7.86. The number of ether oxygens (including phenoxy) is 2. The van der Waals surface area contributed by atoms with Crippen LogP contribution in [0.25, 0.3) is 0 Å². The molecule has 180 valence electrons. The largest absolute Gasteiger partial charge is 0.497 e. The Balaban J connectivity index is 1.76. The molecule has 1 aromatic heterocycles. The molecule has 2 heterocycles. The van der Waals surface area contributed by atoms with Gasteiger partial charge in [-0.15, -0.1) is 0 Å². The highest BCUT2D eigenvalue weighted by Crippen LogP contribution is 2.16. The Morgan fingerprint density at radius 3 is 2.44 bits per heavy atom. The predicted molar refractivity (Wildman–Crippen MR) is 122 cm³/mol. The molecule has 0 unspecified atom stereocenters. The van der Waals surface area contributed by atoms with Crippen molar-refractivity contribution in [1.82, 2.24) is 20.1 Å². The number of esters is 1. The molecule has 2 atom stereocenters. The monoisotopic (exact) mass is 468 g/mol. The maximum Gasteiger partial charge on any atom is 0.328 e. The summed E-state index contributed by atoms with van der Waals surface area (Å²) >= 11 is 0. The number of nitrogens with one attached hydrogen (secondary N) is 1. The minimum Gasteiger partial charge on any atom is -0.497 e. The number of aromatic nitrogens is 1. The van der Waals surface area contributed by atoms with Crippen molar-refractivity contribution in [3.05, 3.63) is 59.9 Å². The molecule has 1 aliphatic rings. The van der Waals surface area contributed by atoms with Crippen LogP contribution in [-0.4, -0.2) is 84.4 Å². The number of carbonyl (C=O) groups excluding carboxylic acids is 4. The Morgan fingerprint density at radius 2 is 1.85 bits per heavy atom. The van der Waals surface area contributed by atoms with Crippen LogP contribution in [0.2, 0.25) is 0 Å². The highest BCUT2D eigenvalue weighted by molar-refractivity contribution is 5.96. The van der Waals surface area contributed by atoms with E-state index in [0.29, 0.717) is 11.3 Å². The highest BCUT2D eigenvalue weighted by atomic mass is 16.5. The summed E-state index contributed by atoms with van der Waals surface area (Å²) in [6.07, 6.45) is 3.21. The van der Waals surface area contributed by atoms with Crippen molar-refractivity contribution in [2.75, 3.05) is 33.9 Å². The van der Waals surface area contributed by atoms with Crippen molar-refractivity contribution >= 4 is 23.7 Å². The van der Waals surface area contributed by atoms with Gasteiger partial charge in [-0.3, -0.25) is 19.4 Å². The van der Waals surface area contributed by atoms with Crippen LogP contribution in [-0.2, 0) is 25.5 Å². The van der Waals surface area contributed by atoms with Crippen LogP contribution >= 0.6 is 0 Å². The lowest BCUT2D eigenvalue weighted by Crippen LogP contribution is -2.62. The topological polar surface area (TPSA) is 118 Å². The quantitative estimate of drug-likeness (QED) is 0.593. The van der Waals surface area contributed by atoms with E-state index in [1.54, 1.807) is 49.7 Å². The van der Waals surface area contributed by atoms with Crippen LogP contribution < -0.4 is 10.1 Å². The average molecular weight is 469 g/mol. The first-order chi connectivity index (χ1) is 16.3. The van der Waals surface area contributed by atoms with Crippen molar-refractivity contribution in [3.63, 3.8) is 0 Å². The summed E-state index contributed by atoms with van der Waals surface area (Å²) in [5.41, 5.74) is 1.18. The molecule has 3 amide bonds. The number of benzene rings is 1. The lowest BCUT2D eigenvalue weighted by atomic mass is 10.0. The Hall–Kier alpha value is -3.95. The molecule has 2 aromatic rings. The molecule has 0 radical (unpaired) electrons. The second-order valence-electron chi connectivity index (χ2n) is 7.86. The fourth-order valence-corrected chi connectivity index (χ4v) is 3.84. The van der Waals surface area contributed by atoms with Gasteiger partial charge in [-0.05, 0) is 29.8 Å². The number of hydrogen-bond donors (Lipinski definition) is 1. The third-order valence-corrected chi connectivity index (χ3v) is 5.68. The normalized spacial score (nSPS) is 16.4. The summed E-state index contributed by atoms with van der Waals surface area (Å²) in [5, 5.41) is 2.71. The summed E-state index contributed by atoms with van der Waals surface area (Å²) in [4.78, 5) is 57.7. The highest BCUT2D eigenvalue weighted by Gasteiger charge is 2.37. The molecule has 1 fully saturated rings. The van der Waals surface area contributed by atoms with Gasteiger partial charge in [0.2, 0.25) is 11.8 Å². The van der Waals surface area contributed by atoms with Crippen molar-refractivity contribution in [2.24, 2.45) is 0 Å². The second kappa shape index (κ2) is 11.3. The maximum atomic E-state index is 13.3. The van der Waals surface area contributed by atoms with E-state index in [1.807, 2.05) is 0 Å². The van der Waals surface area contributed by atoms with Gasteiger partial charge >= 0.3 is 5.97 Å². The van der Waals surface area contributed by atoms with Gasteiger partial charge in [0.1, 0.15) is 17.8 Å². The third-order valence-electron chi connectivity index (χ3n) is 5.68. The van der Waals surface area contributed by atoms with E-state index in [1.165, 1.54) is 30.0 Å². The number of rotatable bonds is 7. The number of pyridine rings is 1. The predicted octanol–water partition coefficient (Wildman–Crippen LogP) is 0.664. The minimum atomic E-state index is -0.968. The van der Waals surface area contributed by atoms with Crippen LogP contribution in [0.15, 0.2) is 48.8 Å². The number of carbonyl (C=O) groups is 4. The molecule has 0 bridgehead atoms. The number of amides is 3. The zero-order valence-corrected chi connectivity index (χ0v) is 19.4. The van der Waals surface area contributed by atoms with E-state index < -0.39 is 24.0 Å². The van der Waals surface area contributed by atoms with Crippen LogP contribution in [0.3, 0.4) is 0 Å². The molecule has 0 spiro atoms. The Morgan fingerprint density at radius 1 is 1.12 bits per heavy atom. The van der Waals surface area contributed by atoms with Gasteiger partial charge in [0.05, 0.1) is 26.3 Å². The maximum absolute atomic E-state index is 13.3. The molecule has 1 aromatic carbocycles. The van der Waals surface area contributed by atoms with E-state index in [4.69, 9.17) is 9.47 Å². The van der Waals surface area contributed by atoms with Crippen LogP contribution in [0.4, 0.5) is 0 Å². The lowest BCUT2D eigenvalue weighted by molar-refractivity contribution is -0.147. The summed E-state index contributed by atoms with van der Waals surface area (Å²) < 4.78 is 10.0. The van der Waals surface area contributed by atoms with Crippen molar-refractivity contribution in [2.45, 2.75) is 25.4 Å². The fourth-order valence-electron chi connectivity index (χ4n) is 3.84. The molecule has 10 heteroatoms. The molecule has 0 aliphatic carbocycles. The molecule has 0 saturated carbocycles. The molecule has 1 aliphatic heterocycles. The average Bonchev–Trinajstić information content (AvgIpc) is 2.87. The number of nitrogens with zero attached hydrogens (tertiary/aromatic N) is 3. The summed E-state index contributed by atoms with van der Waals surface area (Å²) in [7, 11) is 2.80. The molecule has 1 N–H and O–H groups in total. The van der Waals surface area contributed by atoms with Crippen molar-refractivity contribution in [1.29, 1.82) is 0 Å². The van der Waals surface area contributed by atoms with E-state index in [0.717, 1.165) is 5.56 Å². The van der Waals surface area contributed by atoms with Gasteiger partial charge in [-0.25, -0.2) is 4.79 Å². The van der Waals surface area contributed by atoms with Crippen LogP contribution in [0.1, 0.15) is 22.8 Å². The zero-order chi connectivity index (χ0) is 24.7. The lowest BCUT2D eigenvalue weighted by Gasteiger charge is -2.40. The SMILES string of the molecule is COC(=O)[C@H](Cc1ccc(OC)cc1)NC(=O)[C@H]1CN(C(=O)c2cccnc2)CCN1C(C)=O. The Bertz CT molecular complexity index is 1030. The molecular formula is C24H28N4O6. The number of piperazine rings is 1. The van der Waals surface area contributed by atoms with Gasteiger partial charge in [-0.2, -0.15) is 0 Å². The van der Waals surface area contributed by atoms with E-state index >= 15 is 0 Å². The molecule has 1 saturated heterocycles. The van der Waals surface area contributed by atoms with Gasteiger partial charge in [0.25, 0.3) is 5.91 Å². The van der Waals surface area contributed by atoms with E-state index in [-0.39, 0.29) is 37.9 Å². The molecule has 3 rings (SSSR count). The summed E-state index contributed by atoms with van der Waals surface area (Å²) in [6, 6.07) is 8.47. The number of methoxy groups -OCH3 is 2. The van der Waals surface area contributed by atoms with Crippen molar-refractivity contribution in [3.8, 4) is 5.75 Å². The first kappa shape index (κ1) is 24.7. The van der Waals surface area contributed by atoms with Gasteiger partial charge in [-0.1, -0.05) is 12.1 Å². The van der Waals surface area contributed by atoms with Crippen LogP contribution in [0, 0.1) is 0 Å². The smallest absolute Gasteiger partial charge is 0.328 e. The first-order valence-electron chi connectivity index (χ1n) is 10.8. The molecule has 10 nitrogen and oxygen atoms in total. The number of hydrogen-bond acceptors (Lipinski definition) is 7. The van der Waals surface area contributed by atoms with Gasteiger partial charge in [0, 0.05) is 38.8 Å².